The molecule has 0 radical (unpaired) electrons. The van der Waals surface area contributed by atoms with E-state index in [1.807, 2.05) is 20.8 Å². The number of carboxylic acids is 2. The lowest BCUT2D eigenvalue weighted by atomic mass is 9.73. The molecule has 0 fully saturated rings. The predicted octanol–water partition coefficient (Wildman–Crippen LogP) is 7.38. The van der Waals surface area contributed by atoms with Crippen molar-refractivity contribution in [1.29, 1.82) is 5.26 Å². The Morgan fingerprint density at radius 3 is 2.37 bits per heavy atom. The van der Waals surface area contributed by atoms with E-state index in [1.54, 1.807) is 35.3 Å². The molecule has 0 saturated carbocycles. The van der Waals surface area contributed by atoms with Crippen LogP contribution in [0.5, 0.6) is 0 Å². The molecule has 0 spiro atoms. The Morgan fingerprint density at radius 2 is 1.76 bits per heavy atom. The number of carboxylic acid groups (broad SMARTS) is 2. The Bertz CT molecular complexity index is 1810. The summed E-state index contributed by atoms with van der Waals surface area (Å²) >= 11 is 0. The van der Waals surface area contributed by atoms with Crippen LogP contribution in [0.2, 0.25) is 0 Å². The van der Waals surface area contributed by atoms with Gasteiger partial charge in [0.15, 0.2) is 0 Å². The maximum Gasteiger partial charge on any atom is 0.416 e. The summed E-state index contributed by atoms with van der Waals surface area (Å²) < 4.78 is 41.8. The summed E-state index contributed by atoms with van der Waals surface area (Å²) in [6, 6.07) is 9.75. The number of alkyl halides is 3. The van der Waals surface area contributed by atoms with Crippen molar-refractivity contribution in [2.24, 2.45) is 0 Å². The fourth-order valence-corrected chi connectivity index (χ4v) is 7.49. The molecule has 0 saturated heterocycles. The molecule has 3 atom stereocenters. The van der Waals surface area contributed by atoms with Gasteiger partial charge in [-0.3, -0.25) is 24.6 Å². The lowest BCUT2D eigenvalue weighted by Gasteiger charge is -2.31. The minimum Gasteiger partial charge on any atom is -0.481 e. The number of anilines is 1. The smallest absolute Gasteiger partial charge is 0.416 e. The van der Waals surface area contributed by atoms with Gasteiger partial charge in [-0.05, 0) is 67.5 Å². The molecule has 0 aliphatic carbocycles. The number of hydrogen-bond acceptors (Lipinski definition) is 6. The number of nitriles is 1. The zero-order valence-electron chi connectivity index (χ0n) is 29.2. The number of non-ortho nitro benzene ring substituents is 1. The first-order valence-corrected chi connectivity index (χ1v) is 17.0. The number of nitrogens with one attached hydrogen (secondary N) is 1. The van der Waals surface area contributed by atoms with Crippen molar-refractivity contribution < 1.29 is 42.8 Å². The predicted molar refractivity (Wildman–Crippen MR) is 186 cm³/mol. The molecule has 4 rings (SSSR count). The number of unbranched alkanes of at least 4 members (excludes halogenated alkanes) is 3. The highest BCUT2D eigenvalue weighted by molar-refractivity contribution is 5.75. The molecule has 0 bridgehead atoms. The van der Waals surface area contributed by atoms with Crippen LogP contribution in [0.1, 0.15) is 89.3 Å². The van der Waals surface area contributed by atoms with Crippen molar-refractivity contribution in [1.82, 2.24) is 0 Å². The molecule has 2 heterocycles. The van der Waals surface area contributed by atoms with Crippen LogP contribution in [-0.4, -0.2) is 46.2 Å². The van der Waals surface area contributed by atoms with E-state index in [0.717, 1.165) is 31.7 Å². The Balaban J connectivity index is 1.79. The lowest BCUT2D eigenvalue weighted by Crippen LogP contribution is -3.11. The van der Waals surface area contributed by atoms with Crippen molar-refractivity contribution in [2.75, 3.05) is 18.0 Å². The quantitative estimate of drug-likeness (QED) is 0.0571. The molecule has 2 aromatic carbocycles. The van der Waals surface area contributed by atoms with Gasteiger partial charge in [0.1, 0.15) is 11.7 Å². The standard InChI is InChI=1S/C38H43F3N4O6/c1-5-6-7-8-19-37(4)29-22-26(38(39,40)41)11-13-31(29)44(21-18-35(48)49)33(37)16-10-25(24-42)9-15-32-36(2,3)28-23-27(45(50)51)12-14-30(28)43(32)20-17-34(46)47/h9-16,22-23,33H,5-8,17-21H2,1-4H3,(H,46,47)(H,48,49)/p+1/b16-10+,25-9-,32-15+. The third-order valence-electron chi connectivity index (χ3n) is 10.2. The number of rotatable bonds is 15. The molecule has 0 amide bonds. The van der Waals surface area contributed by atoms with Gasteiger partial charge in [-0.1, -0.05) is 46.5 Å². The van der Waals surface area contributed by atoms with Crippen LogP contribution in [0, 0.1) is 21.4 Å². The second-order valence-corrected chi connectivity index (χ2v) is 13.9. The van der Waals surface area contributed by atoms with E-state index in [9.17, 15) is 48.3 Å². The third kappa shape index (κ3) is 8.34. The highest BCUT2D eigenvalue weighted by Crippen LogP contribution is 2.49. The summed E-state index contributed by atoms with van der Waals surface area (Å²) in [5, 5.41) is 40.7. The van der Waals surface area contributed by atoms with E-state index in [-0.39, 0.29) is 37.2 Å². The molecule has 51 heavy (non-hydrogen) atoms. The highest BCUT2D eigenvalue weighted by atomic mass is 19.4. The summed E-state index contributed by atoms with van der Waals surface area (Å²) in [6.07, 6.45) is 5.81. The number of fused-ring (bicyclic) bond motifs is 2. The van der Waals surface area contributed by atoms with Gasteiger partial charge >= 0.3 is 18.1 Å². The van der Waals surface area contributed by atoms with Gasteiger partial charge in [0.2, 0.25) is 0 Å². The van der Waals surface area contributed by atoms with Crippen LogP contribution in [0.4, 0.5) is 30.2 Å². The molecule has 10 nitrogen and oxygen atoms in total. The number of aliphatic carboxylic acids is 2. The van der Waals surface area contributed by atoms with Crippen molar-refractivity contribution in [3.63, 3.8) is 0 Å². The van der Waals surface area contributed by atoms with E-state index in [2.05, 4.69) is 13.0 Å². The number of allylic oxidation sites excluding steroid dienone is 5. The van der Waals surface area contributed by atoms with E-state index >= 15 is 0 Å². The van der Waals surface area contributed by atoms with Crippen molar-refractivity contribution in [2.45, 2.75) is 95.7 Å². The van der Waals surface area contributed by atoms with Crippen LogP contribution >= 0.6 is 0 Å². The second-order valence-electron chi connectivity index (χ2n) is 13.9. The lowest BCUT2D eigenvalue weighted by molar-refractivity contribution is -0.850. The van der Waals surface area contributed by atoms with E-state index in [0.29, 0.717) is 39.5 Å². The Morgan fingerprint density at radius 1 is 1.06 bits per heavy atom. The maximum absolute atomic E-state index is 13.9. The number of quaternary nitrogens is 1. The molecular formula is C38H44F3N4O6+. The zero-order valence-corrected chi connectivity index (χ0v) is 29.2. The van der Waals surface area contributed by atoms with Crippen molar-refractivity contribution in [3.05, 3.63) is 98.8 Å². The van der Waals surface area contributed by atoms with Crippen LogP contribution in [0.25, 0.3) is 0 Å². The number of nitrogens with zero attached hydrogens (tertiary/aromatic N) is 3. The number of nitro benzene ring substituents is 1. The van der Waals surface area contributed by atoms with Gasteiger partial charge in [0.05, 0.1) is 46.9 Å². The first-order chi connectivity index (χ1) is 23.9. The maximum atomic E-state index is 13.9. The molecule has 2 aliphatic heterocycles. The minimum atomic E-state index is -4.56. The van der Waals surface area contributed by atoms with Gasteiger partial charge in [-0.25, -0.2) is 0 Å². The van der Waals surface area contributed by atoms with Gasteiger partial charge in [0.25, 0.3) is 5.69 Å². The summed E-state index contributed by atoms with van der Waals surface area (Å²) in [5.41, 5.74) is 0.740. The van der Waals surface area contributed by atoms with Crippen LogP contribution < -0.4 is 9.80 Å². The fourth-order valence-electron chi connectivity index (χ4n) is 7.49. The molecular weight excluding hydrogens is 665 g/mol. The summed E-state index contributed by atoms with van der Waals surface area (Å²) in [7, 11) is 0. The van der Waals surface area contributed by atoms with Gasteiger partial charge < -0.3 is 15.1 Å². The largest absolute Gasteiger partial charge is 0.481 e. The Kier molecular flexibility index (Phi) is 11.8. The van der Waals surface area contributed by atoms with Crippen molar-refractivity contribution in [3.8, 4) is 6.07 Å². The monoisotopic (exact) mass is 709 g/mol. The molecule has 272 valence electrons. The molecule has 3 unspecified atom stereocenters. The fraction of sp³-hybridized carbons (Fsp3) is 0.447. The topological polar surface area (TPSA) is 149 Å². The first-order valence-electron chi connectivity index (χ1n) is 17.0. The summed E-state index contributed by atoms with van der Waals surface area (Å²) in [5.74, 6) is -2.05. The molecule has 3 N–H and O–H groups in total. The summed E-state index contributed by atoms with van der Waals surface area (Å²) in [6.45, 7) is 7.90. The van der Waals surface area contributed by atoms with E-state index in [4.69, 9.17) is 0 Å². The van der Waals surface area contributed by atoms with E-state index in [1.165, 1.54) is 24.3 Å². The molecule has 2 aromatic rings. The van der Waals surface area contributed by atoms with Crippen LogP contribution in [0.3, 0.4) is 0 Å². The second kappa shape index (κ2) is 15.5. The Labute approximate surface area is 295 Å². The molecule has 0 aromatic heterocycles. The SMILES string of the molecule is CCCCCCC1(C)c2cc(C(F)(F)F)ccc2[NH+](CCC(=O)O)C1/C=C/C(C#N)=C/C=C1/N(CCC(=O)O)c2ccc([N+](=O)[O-])cc2C1(C)C. The number of halogens is 3. The average Bonchev–Trinajstić information content (AvgIpc) is 3.42. The average molecular weight is 710 g/mol. The van der Waals surface area contributed by atoms with Crippen LogP contribution in [0.15, 0.2) is 72.0 Å². The van der Waals surface area contributed by atoms with Crippen molar-refractivity contribution >= 4 is 29.0 Å². The number of nitro groups is 1. The molecule has 13 heteroatoms. The first kappa shape index (κ1) is 38.8. The number of benzene rings is 2. The zero-order chi connectivity index (χ0) is 37.7. The Hall–Kier alpha value is -4.96. The van der Waals surface area contributed by atoms with Gasteiger partial charge in [-0.2, -0.15) is 18.4 Å². The normalized spacial score (nSPS) is 21.9. The summed E-state index contributed by atoms with van der Waals surface area (Å²) in [4.78, 5) is 36.7. The minimum absolute atomic E-state index is 0.0828. The number of carbonyl (C=O) groups is 2. The number of hydrogen-bond donors (Lipinski definition) is 3. The van der Waals surface area contributed by atoms with E-state index < -0.39 is 45.5 Å². The molecule has 2 aliphatic rings. The third-order valence-corrected chi connectivity index (χ3v) is 10.2. The highest BCUT2D eigenvalue weighted by Gasteiger charge is 2.51. The van der Waals surface area contributed by atoms with Gasteiger partial charge in [-0.15, -0.1) is 0 Å². The van der Waals surface area contributed by atoms with Gasteiger partial charge in [0, 0.05) is 41.0 Å². The van der Waals surface area contributed by atoms with Crippen LogP contribution in [-0.2, 0) is 26.6 Å².